The second-order valence-corrected chi connectivity index (χ2v) is 9.81. The van der Waals surface area contributed by atoms with E-state index in [9.17, 15) is 4.57 Å². The molecule has 28 heavy (non-hydrogen) atoms. The Kier molecular flexibility index (Phi) is 5.96. The fourth-order valence-electron chi connectivity index (χ4n) is 2.83. The van der Waals surface area contributed by atoms with Crippen molar-refractivity contribution in [2.24, 2.45) is 5.41 Å². The normalized spacial score (nSPS) is 12.8. The lowest BCUT2D eigenvalue weighted by Gasteiger charge is -2.20. The van der Waals surface area contributed by atoms with Gasteiger partial charge in [0.15, 0.2) is 22.4 Å². The van der Waals surface area contributed by atoms with Gasteiger partial charge in [-0.25, -0.2) is 15.0 Å². The Balaban J connectivity index is 2.14. The number of halogens is 1. The molecule has 3 aromatic rings. The molecule has 0 N–H and O–H groups in total. The first-order valence-electron chi connectivity index (χ1n) is 9.04. The Labute approximate surface area is 168 Å². The number of nitrogens with zero attached hydrogens (tertiary/aromatic N) is 4. The molecule has 0 bridgehead atoms. The van der Waals surface area contributed by atoms with Crippen LogP contribution in [-0.2, 0) is 20.2 Å². The third-order valence-corrected chi connectivity index (χ3v) is 6.18. The molecular formula is C18H24ClN4O4P. The van der Waals surface area contributed by atoms with Crippen molar-refractivity contribution in [2.45, 2.75) is 41.2 Å². The van der Waals surface area contributed by atoms with Gasteiger partial charge in [0, 0.05) is 12.6 Å². The van der Waals surface area contributed by atoms with Gasteiger partial charge in [-0.3, -0.25) is 4.57 Å². The van der Waals surface area contributed by atoms with E-state index in [4.69, 9.17) is 25.1 Å². The molecule has 0 saturated heterocycles. The van der Waals surface area contributed by atoms with Gasteiger partial charge in [0.25, 0.3) is 0 Å². The van der Waals surface area contributed by atoms with E-state index in [1.807, 2.05) is 4.57 Å². The zero-order valence-electron chi connectivity index (χ0n) is 16.6. The highest BCUT2D eigenvalue weighted by Gasteiger charge is 2.31. The molecule has 8 nitrogen and oxygen atoms in total. The van der Waals surface area contributed by atoms with Crippen molar-refractivity contribution in [3.05, 3.63) is 23.8 Å². The molecule has 0 aliphatic carbocycles. The number of hydrogen-bond acceptors (Lipinski definition) is 7. The van der Waals surface area contributed by atoms with Crippen molar-refractivity contribution < 1.29 is 18.0 Å². The second-order valence-electron chi connectivity index (χ2n) is 7.42. The van der Waals surface area contributed by atoms with Crippen LogP contribution in [0.5, 0.6) is 0 Å². The van der Waals surface area contributed by atoms with Crippen molar-refractivity contribution in [1.29, 1.82) is 0 Å². The van der Waals surface area contributed by atoms with E-state index in [1.54, 1.807) is 19.9 Å². The van der Waals surface area contributed by atoms with E-state index in [0.29, 0.717) is 34.6 Å². The maximum atomic E-state index is 13.0. The monoisotopic (exact) mass is 426 g/mol. The summed E-state index contributed by atoms with van der Waals surface area (Å²) in [6.45, 7) is 11.0. The van der Waals surface area contributed by atoms with Crippen molar-refractivity contribution in [3.63, 3.8) is 0 Å². The summed E-state index contributed by atoms with van der Waals surface area (Å²) in [4.78, 5) is 12.9. The van der Waals surface area contributed by atoms with Crippen molar-refractivity contribution in [3.8, 4) is 11.6 Å². The molecule has 3 aromatic heterocycles. The molecule has 0 fully saturated rings. The molecule has 0 aliphatic rings. The first-order chi connectivity index (χ1) is 13.2. The number of imidazole rings is 1. The van der Waals surface area contributed by atoms with Gasteiger partial charge in [0.05, 0.1) is 13.2 Å². The van der Waals surface area contributed by atoms with Crippen molar-refractivity contribution in [2.75, 3.05) is 13.2 Å². The molecule has 0 amide bonds. The number of rotatable bonds is 7. The lowest BCUT2D eigenvalue weighted by molar-refractivity contribution is 0.229. The minimum absolute atomic E-state index is 0.0544. The van der Waals surface area contributed by atoms with Crippen LogP contribution in [0, 0.1) is 5.41 Å². The number of hydrogen-bond donors (Lipinski definition) is 0. The van der Waals surface area contributed by atoms with Crippen molar-refractivity contribution in [1.82, 2.24) is 19.5 Å². The SMILES string of the molecule is CCOP(=O)(OCC)c1coc(-c2nc3c(Cl)ncnc3n2CC(C)(C)C)c1. The molecule has 152 valence electrons. The van der Waals surface area contributed by atoms with Crippen LogP contribution in [0.15, 0.2) is 23.1 Å². The van der Waals surface area contributed by atoms with E-state index < -0.39 is 7.60 Å². The van der Waals surface area contributed by atoms with Gasteiger partial charge < -0.3 is 18.0 Å². The summed E-state index contributed by atoms with van der Waals surface area (Å²) in [5.41, 5.74) is 1.04. The van der Waals surface area contributed by atoms with Crippen LogP contribution >= 0.6 is 19.2 Å². The van der Waals surface area contributed by atoms with E-state index >= 15 is 0 Å². The Morgan fingerprint density at radius 1 is 1.21 bits per heavy atom. The third-order valence-electron chi connectivity index (χ3n) is 3.84. The lowest BCUT2D eigenvalue weighted by Crippen LogP contribution is -2.16. The third kappa shape index (κ3) is 4.15. The average Bonchev–Trinajstić information content (AvgIpc) is 3.21. The summed E-state index contributed by atoms with van der Waals surface area (Å²) in [6, 6.07) is 1.63. The van der Waals surface area contributed by atoms with Gasteiger partial charge in [0.1, 0.15) is 23.4 Å². The fraction of sp³-hybridized carbons (Fsp3) is 0.500. The highest BCUT2D eigenvalue weighted by atomic mass is 35.5. The Morgan fingerprint density at radius 2 is 1.89 bits per heavy atom. The summed E-state index contributed by atoms with van der Waals surface area (Å²) >= 11 is 6.22. The van der Waals surface area contributed by atoms with Crippen LogP contribution in [0.1, 0.15) is 34.6 Å². The van der Waals surface area contributed by atoms with Gasteiger partial charge in [0.2, 0.25) is 0 Å². The predicted molar refractivity (Wildman–Crippen MR) is 108 cm³/mol. The molecule has 0 atom stereocenters. The minimum atomic E-state index is -3.46. The molecule has 0 aromatic carbocycles. The number of furan rings is 1. The number of fused-ring (bicyclic) bond motifs is 1. The molecule has 0 unspecified atom stereocenters. The summed E-state index contributed by atoms with van der Waals surface area (Å²) in [5.74, 6) is 0.950. The molecule has 0 aliphatic heterocycles. The van der Waals surface area contributed by atoms with Crippen LogP contribution in [0.4, 0.5) is 0 Å². The topological polar surface area (TPSA) is 92.3 Å². The predicted octanol–water partition coefficient (Wildman–Crippen LogP) is 4.68. The van der Waals surface area contributed by atoms with Crippen LogP contribution in [0.25, 0.3) is 22.7 Å². The maximum Gasteiger partial charge on any atom is 0.364 e. The van der Waals surface area contributed by atoms with Gasteiger partial charge in [-0.05, 0) is 19.3 Å². The molecule has 3 heterocycles. The Hall–Kier alpha value is -1.73. The molecular weight excluding hydrogens is 403 g/mol. The molecule has 0 radical (unpaired) electrons. The highest BCUT2D eigenvalue weighted by Crippen LogP contribution is 2.47. The second kappa shape index (κ2) is 7.95. The van der Waals surface area contributed by atoms with E-state index in [-0.39, 0.29) is 23.8 Å². The lowest BCUT2D eigenvalue weighted by atomic mass is 9.97. The quantitative estimate of drug-likeness (QED) is 0.400. The van der Waals surface area contributed by atoms with E-state index in [0.717, 1.165) is 0 Å². The minimum Gasteiger partial charge on any atom is -0.460 e. The maximum absolute atomic E-state index is 13.0. The molecule has 0 saturated carbocycles. The van der Waals surface area contributed by atoms with E-state index in [2.05, 4.69) is 35.7 Å². The largest absolute Gasteiger partial charge is 0.460 e. The summed E-state index contributed by atoms with van der Waals surface area (Å²) in [6.07, 6.45) is 2.79. The van der Waals surface area contributed by atoms with Crippen LogP contribution in [-0.4, -0.2) is 32.7 Å². The summed E-state index contributed by atoms with van der Waals surface area (Å²) < 4.78 is 31.5. The van der Waals surface area contributed by atoms with Gasteiger partial charge in [-0.15, -0.1) is 0 Å². The Morgan fingerprint density at radius 3 is 2.50 bits per heavy atom. The standard InChI is InChI=1S/C18H24ClN4O4P/c1-6-26-28(24,27-7-2)12-8-13(25-9-12)16-22-14-15(19)20-11-21-17(14)23(16)10-18(3,4)5/h8-9,11H,6-7,10H2,1-5H3. The molecule has 10 heteroatoms. The van der Waals surface area contributed by atoms with Crippen molar-refractivity contribution >= 4 is 35.7 Å². The first kappa shape index (κ1) is 21.0. The number of aromatic nitrogens is 4. The first-order valence-corrected chi connectivity index (χ1v) is 11.0. The fourth-order valence-corrected chi connectivity index (χ4v) is 4.51. The van der Waals surface area contributed by atoms with E-state index in [1.165, 1.54) is 12.6 Å². The summed E-state index contributed by atoms with van der Waals surface area (Å²) in [7, 11) is -3.46. The zero-order chi connectivity index (χ0) is 20.5. The van der Waals surface area contributed by atoms with Gasteiger partial charge in [-0.2, -0.15) is 0 Å². The van der Waals surface area contributed by atoms with Crippen LogP contribution in [0.2, 0.25) is 5.15 Å². The highest BCUT2D eigenvalue weighted by molar-refractivity contribution is 7.62. The van der Waals surface area contributed by atoms with Crippen LogP contribution in [0.3, 0.4) is 0 Å². The zero-order valence-corrected chi connectivity index (χ0v) is 18.3. The smallest absolute Gasteiger partial charge is 0.364 e. The molecule has 3 rings (SSSR count). The van der Waals surface area contributed by atoms with Crippen LogP contribution < -0.4 is 5.30 Å². The van der Waals surface area contributed by atoms with Gasteiger partial charge in [-0.1, -0.05) is 32.4 Å². The molecule has 0 spiro atoms. The average molecular weight is 427 g/mol. The van der Waals surface area contributed by atoms with Gasteiger partial charge >= 0.3 is 7.60 Å². The summed E-state index contributed by atoms with van der Waals surface area (Å²) in [5, 5.41) is 0.609. The Bertz CT molecular complexity index is 1010.